The second kappa shape index (κ2) is 6.05. The molecule has 1 amide bonds. The molecule has 0 saturated carbocycles. The lowest BCUT2D eigenvalue weighted by Gasteiger charge is -2.19. The fourth-order valence-electron chi connectivity index (χ4n) is 1.83. The van der Waals surface area contributed by atoms with E-state index in [1.807, 2.05) is 13.8 Å². The van der Waals surface area contributed by atoms with E-state index in [1.165, 1.54) is 12.1 Å². The van der Waals surface area contributed by atoms with Gasteiger partial charge in [0.15, 0.2) is 0 Å². The first-order valence-electron chi connectivity index (χ1n) is 6.56. The first kappa shape index (κ1) is 14.5. The maximum absolute atomic E-state index is 13.1. The summed E-state index contributed by atoms with van der Waals surface area (Å²) in [6.07, 6.45) is 1.02. The summed E-state index contributed by atoms with van der Waals surface area (Å²) in [5, 5.41) is 12.3. The fraction of sp³-hybridized carbons (Fsp3) is 0.400. The van der Waals surface area contributed by atoms with Crippen molar-refractivity contribution in [2.45, 2.75) is 20.0 Å². The van der Waals surface area contributed by atoms with Crippen molar-refractivity contribution in [3.8, 4) is 5.75 Å². The number of amides is 1. The highest BCUT2D eigenvalue weighted by Gasteiger charge is 2.18. The number of carbonyl (C=O) groups excluding carboxylic acids is 1. The van der Waals surface area contributed by atoms with Gasteiger partial charge in [-0.1, -0.05) is 13.8 Å². The van der Waals surface area contributed by atoms with E-state index in [0.29, 0.717) is 16.9 Å². The molecule has 1 aromatic rings. The third kappa shape index (κ3) is 3.36. The van der Waals surface area contributed by atoms with Crippen LogP contribution in [0.2, 0.25) is 0 Å². The zero-order valence-electron chi connectivity index (χ0n) is 11.5. The number of halogens is 1. The van der Waals surface area contributed by atoms with Gasteiger partial charge in [0, 0.05) is 12.1 Å². The lowest BCUT2D eigenvalue weighted by molar-refractivity contribution is -0.118. The molecule has 0 aromatic heterocycles. The van der Waals surface area contributed by atoms with E-state index < -0.39 is 6.10 Å². The van der Waals surface area contributed by atoms with Gasteiger partial charge in [-0.3, -0.25) is 4.79 Å². The zero-order chi connectivity index (χ0) is 14.7. The Kier molecular flexibility index (Phi) is 4.39. The van der Waals surface area contributed by atoms with Crippen LogP contribution in [-0.2, 0) is 4.79 Å². The van der Waals surface area contributed by atoms with Crippen molar-refractivity contribution in [1.82, 2.24) is 5.32 Å². The van der Waals surface area contributed by atoms with Crippen molar-refractivity contribution in [2.24, 2.45) is 5.92 Å². The van der Waals surface area contributed by atoms with E-state index in [2.05, 4.69) is 5.32 Å². The normalized spacial score (nSPS) is 15.2. The number of ether oxygens (including phenoxy) is 1. The first-order valence-corrected chi connectivity index (χ1v) is 6.56. The molecule has 1 aliphatic heterocycles. The molecule has 1 aliphatic rings. The van der Waals surface area contributed by atoms with E-state index in [9.17, 15) is 14.3 Å². The minimum absolute atomic E-state index is 0.0710. The minimum Gasteiger partial charge on any atom is -0.488 e. The number of hydrogen-bond donors (Lipinski definition) is 2. The maximum Gasteiger partial charge on any atom is 0.250 e. The van der Waals surface area contributed by atoms with Crippen LogP contribution in [0.15, 0.2) is 23.8 Å². The van der Waals surface area contributed by atoms with Gasteiger partial charge >= 0.3 is 0 Å². The summed E-state index contributed by atoms with van der Waals surface area (Å²) in [5.41, 5.74) is 0.963. The zero-order valence-corrected chi connectivity index (χ0v) is 11.5. The second-order valence-corrected chi connectivity index (χ2v) is 5.16. The number of rotatable bonds is 4. The van der Waals surface area contributed by atoms with E-state index in [1.54, 1.807) is 12.1 Å². The van der Waals surface area contributed by atoms with E-state index in [4.69, 9.17) is 4.74 Å². The first-order chi connectivity index (χ1) is 9.47. The summed E-state index contributed by atoms with van der Waals surface area (Å²) in [6, 6.07) is 4.18. The van der Waals surface area contributed by atoms with Crippen molar-refractivity contribution in [2.75, 3.05) is 13.2 Å². The van der Waals surface area contributed by atoms with Crippen LogP contribution in [0.1, 0.15) is 19.4 Å². The monoisotopic (exact) mass is 279 g/mol. The third-order valence-corrected chi connectivity index (χ3v) is 3.22. The maximum atomic E-state index is 13.1. The average molecular weight is 279 g/mol. The predicted molar refractivity (Wildman–Crippen MR) is 73.7 cm³/mol. The molecule has 0 fully saturated rings. The number of aliphatic hydroxyl groups is 1. The molecule has 0 aliphatic carbocycles. The average Bonchev–Trinajstić information content (AvgIpc) is 2.43. The molecule has 1 heterocycles. The van der Waals surface area contributed by atoms with Crippen LogP contribution in [0.5, 0.6) is 5.75 Å². The number of fused-ring (bicyclic) bond motifs is 1. The largest absolute Gasteiger partial charge is 0.488 e. The lowest BCUT2D eigenvalue weighted by atomic mass is 10.1. The summed E-state index contributed by atoms with van der Waals surface area (Å²) < 4.78 is 18.6. The molecule has 0 bridgehead atoms. The van der Waals surface area contributed by atoms with Gasteiger partial charge < -0.3 is 15.2 Å². The molecular formula is C15H18FNO3. The molecule has 1 unspecified atom stereocenters. The van der Waals surface area contributed by atoms with Gasteiger partial charge in [0.2, 0.25) is 0 Å². The van der Waals surface area contributed by atoms with Crippen LogP contribution in [0.25, 0.3) is 6.08 Å². The van der Waals surface area contributed by atoms with E-state index in [0.717, 1.165) is 0 Å². The lowest BCUT2D eigenvalue weighted by Crippen LogP contribution is -2.36. The number of nitrogens with one attached hydrogen (secondary N) is 1. The molecule has 0 saturated heterocycles. The van der Waals surface area contributed by atoms with Crippen LogP contribution in [0.3, 0.4) is 0 Å². The van der Waals surface area contributed by atoms with E-state index in [-0.39, 0.29) is 30.8 Å². The molecule has 1 aromatic carbocycles. The fourth-order valence-corrected chi connectivity index (χ4v) is 1.83. The Labute approximate surface area is 117 Å². The van der Waals surface area contributed by atoms with Gasteiger partial charge in [-0.15, -0.1) is 0 Å². The van der Waals surface area contributed by atoms with Crippen LogP contribution in [-0.4, -0.2) is 30.3 Å². The van der Waals surface area contributed by atoms with Crippen molar-refractivity contribution < 1.29 is 19.0 Å². The van der Waals surface area contributed by atoms with Crippen molar-refractivity contribution >= 4 is 12.0 Å². The van der Waals surface area contributed by atoms with Crippen LogP contribution in [0, 0.1) is 11.7 Å². The summed E-state index contributed by atoms with van der Waals surface area (Å²) >= 11 is 0. The smallest absolute Gasteiger partial charge is 0.250 e. The number of aliphatic hydroxyl groups excluding tert-OH is 1. The van der Waals surface area contributed by atoms with Crippen LogP contribution < -0.4 is 10.1 Å². The van der Waals surface area contributed by atoms with Gasteiger partial charge in [0.25, 0.3) is 5.91 Å². The Morgan fingerprint density at radius 2 is 2.25 bits per heavy atom. The van der Waals surface area contributed by atoms with Crippen molar-refractivity contribution in [3.63, 3.8) is 0 Å². The number of hydrogen-bond acceptors (Lipinski definition) is 3. The molecule has 2 N–H and O–H groups in total. The van der Waals surface area contributed by atoms with Crippen molar-refractivity contribution in [1.29, 1.82) is 0 Å². The standard InChI is InChI=1S/C15H18FNO3/c1-9(2)13(18)7-17-15(19)11-5-10-6-12(16)3-4-14(10)20-8-11/h3-6,9,13,18H,7-8H2,1-2H3,(H,17,19). The van der Waals surface area contributed by atoms with Gasteiger partial charge in [0.1, 0.15) is 18.2 Å². The molecule has 2 rings (SSSR count). The molecular weight excluding hydrogens is 261 g/mol. The quantitative estimate of drug-likeness (QED) is 0.882. The SMILES string of the molecule is CC(C)C(O)CNC(=O)C1=Cc2cc(F)ccc2OC1. The molecule has 1 atom stereocenters. The molecule has 5 heteroatoms. The third-order valence-electron chi connectivity index (χ3n) is 3.22. The highest BCUT2D eigenvalue weighted by atomic mass is 19.1. The molecule has 0 radical (unpaired) electrons. The van der Waals surface area contributed by atoms with Gasteiger partial charge in [0.05, 0.1) is 11.7 Å². The molecule has 20 heavy (non-hydrogen) atoms. The number of carbonyl (C=O) groups is 1. The Morgan fingerprint density at radius 3 is 2.95 bits per heavy atom. The molecule has 4 nitrogen and oxygen atoms in total. The van der Waals surface area contributed by atoms with Gasteiger partial charge in [-0.25, -0.2) is 4.39 Å². The molecule has 108 valence electrons. The second-order valence-electron chi connectivity index (χ2n) is 5.16. The Balaban J connectivity index is 2.05. The van der Waals surface area contributed by atoms with E-state index >= 15 is 0 Å². The Bertz CT molecular complexity index is 540. The summed E-state index contributed by atoms with van der Waals surface area (Å²) in [6.45, 7) is 4.07. The Hall–Kier alpha value is -1.88. The highest BCUT2D eigenvalue weighted by molar-refractivity contribution is 5.99. The predicted octanol–water partition coefficient (Wildman–Crippen LogP) is 1.73. The Morgan fingerprint density at radius 1 is 1.50 bits per heavy atom. The topological polar surface area (TPSA) is 58.6 Å². The van der Waals surface area contributed by atoms with Crippen molar-refractivity contribution in [3.05, 3.63) is 35.2 Å². The highest BCUT2D eigenvalue weighted by Crippen LogP contribution is 2.26. The van der Waals surface area contributed by atoms with Crippen LogP contribution in [0.4, 0.5) is 4.39 Å². The number of benzene rings is 1. The summed E-state index contributed by atoms with van der Waals surface area (Å²) in [4.78, 5) is 12.0. The summed E-state index contributed by atoms with van der Waals surface area (Å²) in [7, 11) is 0. The summed E-state index contributed by atoms with van der Waals surface area (Å²) in [5.74, 6) is -0.0491. The minimum atomic E-state index is -0.589. The van der Waals surface area contributed by atoms with Gasteiger partial charge in [-0.05, 0) is 30.2 Å². The van der Waals surface area contributed by atoms with Crippen LogP contribution >= 0.6 is 0 Å². The van der Waals surface area contributed by atoms with Gasteiger partial charge in [-0.2, -0.15) is 0 Å². The molecule has 0 spiro atoms.